The molecule has 260 valence electrons. The van der Waals surface area contributed by atoms with Crippen molar-refractivity contribution in [2.24, 2.45) is 9.98 Å². The predicted octanol–water partition coefficient (Wildman–Crippen LogP) is 4.99. The molecule has 2 N–H and O–H groups in total. The molecular formula is C42H40N8O2. The molecule has 2 amide bonds. The number of carbonyl (C=O) groups is 2. The van der Waals surface area contributed by atoms with E-state index in [0.717, 1.165) is 44.8 Å². The van der Waals surface area contributed by atoms with E-state index in [1.54, 1.807) is 55.0 Å². The van der Waals surface area contributed by atoms with Crippen LogP contribution in [-0.4, -0.2) is 60.0 Å². The number of nitrogens with one attached hydrogen (secondary N) is 2. The lowest BCUT2D eigenvalue weighted by molar-refractivity contribution is 0.0920. The second kappa shape index (κ2) is 14.4. The first-order valence-electron chi connectivity index (χ1n) is 17.3. The van der Waals surface area contributed by atoms with Gasteiger partial charge >= 0.3 is 0 Å². The van der Waals surface area contributed by atoms with E-state index >= 15 is 0 Å². The van der Waals surface area contributed by atoms with Gasteiger partial charge in [-0.15, -0.1) is 0 Å². The van der Waals surface area contributed by atoms with Crippen molar-refractivity contribution >= 4 is 53.9 Å². The van der Waals surface area contributed by atoms with Crippen LogP contribution in [0.5, 0.6) is 0 Å². The van der Waals surface area contributed by atoms with Crippen molar-refractivity contribution in [3.8, 4) is 0 Å². The van der Waals surface area contributed by atoms with E-state index in [4.69, 9.17) is 9.98 Å². The van der Waals surface area contributed by atoms with Gasteiger partial charge in [0, 0.05) is 65.4 Å². The minimum Gasteiger partial charge on any atom is -0.348 e. The monoisotopic (exact) mass is 688 g/mol. The lowest BCUT2D eigenvalue weighted by Crippen LogP contribution is -2.43. The van der Waals surface area contributed by atoms with Gasteiger partial charge in [-0.2, -0.15) is 0 Å². The van der Waals surface area contributed by atoms with E-state index in [9.17, 15) is 9.59 Å². The maximum Gasteiger partial charge on any atom is 0.270 e. The Balaban J connectivity index is 1.35. The Morgan fingerprint density at radius 1 is 0.788 bits per heavy atom. The maximum absolute atomic E-state index is 13.3. The molecule has 3 unspecified atom stereocenters. The summed E-state index contributed by atoms with van der Waals surface area (Å²) in [6.07, 6.45) is 20.5. The summed E-state index contributed by atoms with van der Waals surface area (Å²) in [6, 6.07) is 18.2. The fourth-order valence-electron chi connectivity index (χ4n) is 7.15. The number of carbonyl (C=O) groups excluding carboxylic acids is 2. The molecule has 4 aromatic rings. The Bertz CT molecular complexity index is 2340. The van der Waals surface area contributed by atoms with Crippen molar-refractivity contribution in [1.82, 2.24) is 29.7 Å². The number of fused-ring (bicyclic) bond motifs is 6. The summed E-state index contributed by atoms with van der Waals surface area (Å²) in [4.78, 5) is 45.4. The van der Waals surface area contributed by atoms with E-state index in [-0.39, 0.29) is 23.9 Å². The summed E-state index contributed by atoms with van der Waals surface area (Å²) in [5, 5.41) is 8.14. The van der Waals surface area contributed by atoms with Crippen LogP contribution >= 0.6 is 0 Å². The number of aliphatic imine (C=N–C) groups is 2. The summed E-state index contributed by atoms with van der Waals surface area (Å²) in [7, 11) is 0. The minimum absolute atomic E-state index is 0.246. The molecule has 52 heavy (non-hydrogen) atoms. The molecule has 3 aliphatic heterocycles. The van der Waals surface area contributed by atoms with Gasteiger partial charge in [0.1, 0.15) is 11.4 Å². The third-order valence-corrected chi connectivity index (χ3v) is 9.41. The predicted molar refractivity (Wildman–Crippen MR) is 208 cm³/mol. The van der Waals surface area contributed by atoms with Gasteiger partial charge in [0.25, 0.3) is 11.8 Å². The highest BCUT2D eigenvalue weighted by molar-refractivity contribution is 6.20. The molecule has 3 aliphatic rings. The lowest BCUT2D eigenvalue weighted by atomic mass is 9.79. The standard InChI is InChI=1S/C42H40N8O2/c1-5-49-34-15-16-36(49)25-33-22-30(21-28(3)45-40(51)38-11-7-9-19-43-38)42(48-33,26-29(4)46-41(52)39-12-8-10-20-44-39)27-37-18-17-35(50(37)6-2)24-32-14-13-31(23-34)47-32/h5-20,22-25,28-29H,1-2,21,26-27H2,3-4H3,(H,45,51)(H,46,52)/b32-24-,34-23-,36-25-. The SMILES string of the molecule is C=Cn1c2ccc1CC1(CC(C)NC(=O)c3ccccn3)N=C(C=C1CC(C)NC(=O)c1ccccn1)/C=c1/cc/c(n1C=C)=C/C1=NC(=C\2)/C=C1. The number of rotatable bonds is 10. The Hall–Kier alpha value is -6.42. The van der Waals surface area contributed by atoms with Gasteiger partial charge in [-0.3, -0.25) is 24.5 Å². The van der Waals surface area contributed by atoms with E-state index < -0.39 is 5.54 Å². The number of amides is 2. The average molecular weight is 689 g/mol. The fourth-order valence-corrected chi connectivity index (χ4v) is 7.15. The Morgan fingerprint density at radius 2 is 1.44 bits per heavy atom. The summed E-state index contributed by atoms with van der Waals surface area (Å²) in [6.45, 7) is 12.2. The van der Waals surface area contributed by atoms with Crippen LogP contribution in [0.3, 0.4) is 0 Å². The Kier molecular flexibility index (Phi) is 9.45. The average Bonchev–Trinajstić information content (AvgIpc) is 3.92. The van der Waals surface area contributed by atoms with Crippen molar-refractivity contribution in [2.75, 3.05) is 0 Å². The smallest absolute Gasteiger partial charge is 0.270 e. The van der Waals surface area contributed by atoms with Crippen LogP contribution in [0.2, 0.25) is 0 Å². The Labute approximate surface area is 302 Å². The molecular weight excluding hydrogens is 649 g/mol. The first-order valence-corrected chi connectivity index (χ1v) is 17.3. The van der Waals surface area contributed by atoms with Gasteiger partial charge in [-0.05, 0) is 117 Å². The molecule has 10 heteroatoms. The van der Waals surface area contributed by atoms with Crippen LogP contribution in [-0.2, 0) is 6.42 Å². The van der Waals surface area contributed by atoms with Gasteiger partial charge in [-0.1, -0.05) is 25.3 Å². The van der Waals surface area contributed by atoms with Crippen LogP contribution in [0.1, 0.15) is 59.1 Å². The van der Waals surface area contributed by atoms with Crippen molar-refractivity contribution < 1.29 is 9.59 Å². The van der Waals surface area contributed by atoms with Crippen LogP contribution in [0.4, 0.5) is 0 Å². The quantitative estimate of drug-likeness (QED) is 0.244. The number of pyridine rings is 2. The van der Waals surface area contributed by atoms with E-state index in [1.165, 1.54) is 0 Å². The molecule has 0 fully saturated rings. The van der Waals surface area contributed by atoms with Gasteiger partial charge in [0.2, 0.25) is 0 Å². The molecule has 0 saturated carbocycles. The highest BCUT2D eigenvalue weighted by atomic mass is 16.2. The van der Waals surface area contributed by atoms with Crippen LogP contribution in [0.15, 0.2) is 126 Å². The molecule has 0 spiro atoms. The summed E-state index contributed by atoms with van der Waals surface area (Å²) in [5.41, 5.74) is 5.30. The van der Waals surface area contributed by atoms with Gasteiger partial charge in [0.05, 0.1) is 22.7 Å². The molecule has 3 atom stereocenters. The summed E-state index contributed by atoms with van der Waals surface area (Å²) >= 11 is 0. The summed E-state index contributed by atoms with van der Waals surface area (Å²) < 4.78 is 4.08. The second-order valence-corrected chi connectivity index (χ2v) is 13.3. The topological polar surface area (TPSA) is 119 Å². The van der Waals surface area contributed by atoms with Crippen molar-refractivity contribution in [1.29, 1.82) is 0 Å². The third kappa shape index (κ3) is 7.09. The number of aromatic nitrogens is 4. The lowest BCUT2D eigenvalue weighted by Gasteiger charge is -2.34. The van der Waals surface area contributed by atoms with Crippen molar-refractivity contribution in [3.63, 3.8) is 0 Å². The number of hydrogen-bond acceptors (Lipinski definition) is 6. The third-order valence-electron chi connectivity index (χ3n) is 9.41. The normalized spacial score (nSPS) is 20.7. The highest BCUT2D eigenvalue weighted by Gasteiger charge is 2.41. The first-order chi connectivity index (χ1) is 25.2. The molecule has 0 radical (unpaired) electrons. The highest BCUT2D eigenvalue weighted by Crippen LogP contribution is 2.39. The Morgan fingerprint density at radius 3 is 2.08 bits per heavy atom. The molecule has 10 nitrogen and oxygen atoms in total. The molecule has 0 aromatic carbocycles. The van der Waals surface area contributed by atoms with Crippen LogP contribution in [0, 0.1) is 0 Å². The summed E-state index contributed by atoms with van der Waals surface area (Å²) in [5.74, 6) is -0.502. The zero-order chi connectivity index (χ0) is 36.2. The molecule has 4 aromatic heterocycles. The van der Waals surface area contributed by atoms with Crippen molar-refractivity contribution in [2.45, 2.75) is 50.7 Å². The first kappa shape index (κ1) is 34.0. The zero-order valence-corrected chi connectivity index (χ0v) is 29.2. The van der Waals surface area contributed by atoms with E-state index in [0.29, 0.717) is 30.7 Å². The van der Waals surface area contributed by atoms with E-state index in [2.05, 4.69) is 62.6 Å². The molecule has 0 aliphatic carbocycles. The maximum atomic E-state index is 13.3. The second-order valence-electron chi connectivity index (χ2n) is 13.3. The van der Waals surface area contributed by atoms with Gasteiger partial charge in [0.15, 0.2) is 0 Å². The number of nitrogens with zero attached hydrogens (tertiary/aromatic N) is 6. The van der Waals surface area contributed by atoms with E-state index in [1.807, 2.05) is 61.1 Å². The number of hydrogen-bond donors (Lipinski definition) is 2. The molecule has 8 bridgehead atoms. The van der Waals surface area contributed by atoms with Crippen LogP contribution < -0.4 is 21.3 Å². The van der Waals surface area contributed by atoms with Gasteiger partial charge < -0.3 is 19.8 Å². The fraction of sp³-hybridized carbons (Fsp3) is 0.190. The molecule has 7 heterocycles. The minimum atomic E-state index is -0.799. The molecule has 0 saturated heterocycles. The van der Waals surface area contributed by atoms with Crippen molar-refractivity contribution in [3.05, 3.63) is 149 Å². The van der Waals surface area contributed by atoms with Crippen LogP contribution in [0.25, 0.3) is 30.6 Å². The zero-order valence-electron chi connectivity index (χ0n) is 29.2. The molecule has 7 rings (SSSR count). The largest absolute Gasteiger partial charge is 0.348 e. The van der Waals surface area contributed by atoms with Gasteiger partial charge in [-0.25, -0.2) is 4.99 Å². The number of allylic oxidation sites excluding steroid dienone is 3.